The van der Waals surface area contributed by atoms with Crippen LogP contribution in [-0.2, 0) is 9.53 Å². The quantitative estimate of drug-likeness (QED) is 0.592. The van der Waals surface area contributed by atoms with Crippen LogP contribution in [0.4, 0.5) is 0 Å². The molecule has 1 unspecified atom stereocenters. The molecule has 1 amide bonds. The number of hydrogen-bond acceptors (Lipinski definition) is 3. The fourth-order valence-corrected chi connectivity index (χ4v) is 2.06. The Morgan fingerprint density at radius 3 is 2.72 bits per heavy atom. The van der Waals surface area contributed by atoms with Gasteiger partial charge in [-0.1, -0.05) is 6.08 Å². The summed E-state index contributed by atoms with van der Waals surface area (Å²) >= 11 is 0. The van der Waals surface area contributed by atoms with Gasteiger partial charge in [-0.3, -0.25) is 4.79 Å². The lowest BCUT2D eigenvalue weighted by Crippen LogP contribution is -2.47. The van der Waals surface area contributed by atoms with Crippen molar-refractivity contribution >= 4 is 18.3 Å². The van der Waals surface area contributed by atoms with Crippen molar-refractivity contribution in [2.24, 2.45) is 0 Å². The van der Waals surface area contributed by atoms with Gasteiger partial charge in [-0.15, -0.1) is 19.0 Å². The summed E-state index contributed by atoms with van der Waals surface area (Å²) < 4.78 is 5.48. The molecule has 0 aliphatic carbocycles. The van der Waals surface area contributed by atoms with Gasteiger partial charge in [0.15, 0.2) is 0 Å². The smallest absolute Gasteiger partial charge is 0.251 e. The van der Waals surface area contributed by atoms with Gasteiger partial charge in [-0.25, -0.2) is 0 Å². The number of ether oxygens (including phenoxy) is 1. The molecule has 0 saturated carbocycles. The predicted molar refractivity (Wildman–Crippen MR) is 76.1 cm³/mol. The first-order chi connectivity index (χ1) is 8.16. The molecule has 106 valence electrons. The molecule has 4 nitrogen and oxygen atoms in total. The average molecular weight is 277 g/mol. The molecule has 1 rings (SSSR count). The van der Waals surface area contributed by atoms with Crippen molar-refractivity contribution in [3.8, 4) is 0 Å². The topological polar surface area (TPSA) is 41.6 Å². The number of rotatable bonds is 6. The maximum atomic E-state index is 12.1. The highest BCUT2D eigenvalue weighted by atomic mass is 35.5. The summed E-state index contributed by atoms with van der Waals surface area (Å²) in [5.41, 5.74) is 0. The number of nitrogens with one attached hydrogen (secondary N) is 1. The molecule has 0 radical (unpaired) electrons. The largest absolute Gasteiger partial charge is 0.368 e. The second-order valence-corrected chi connectivity index (χ2v) is 4.52. The van der Waals surface area contributed by atoms with Crippen LogP contribution in [0.2, 0.25) is 0 Å². The van der Waals surface area contributed by atoms with Gasteiger partial charge in [0.1, 0.15) is 6.10 Å². The first kappa shape index (κ1) is 17.4. The van der Waals surface area contributed by atoms with Gasteiger partial charge in [0, 0.05) is 13.1 Å². The molecular formula is C13H25ClN2O2. The average Bonchev–Trinajstić information content (AvgIpc) is 2.38. The summed E-state index contributed by atoms with van der Waals surface area (Å²) in [4.78, 5) is 13.9. The lowest BCUT2D eigenvalue weighted by molar-refractivity contribution is -0.143. The Balaban J connectivity index is 0.00000289. The lowest BCUT2D eigenvalue weighted by Gasteiger charge is -2.33. The molecule has 1 fully saturated rings. The molecule has 0 aromatic carbocycles. The second kappa shape index (κ2) is 9.36. The van der Waals surface area contributed by atoms with Gasteiger partial charge in [0.2, 0.25) is 0 Å². The molecule has 1 heterocycles. The monoisotopic (exact) mass is 276 g/mol. The van der Waals surface area contributed by atoms with Gasteiger partial charge in [-0.2, -0.15) is 0 Å². The van der Waals surface area contributed by atoms with Gasteiger partial charge in [-0.05, 0) is 39.3 Å². The number of carbonyl (C=O) groups excluding carboxylic acids is 1. The zero-order chi connectivity index (χ0) is 12.7. The van der Waals surface area contributed by atoms with E-state index >= 15 is 0 Å². The van der Waals surface area contributed by atoms with E-state index in [1.807, 2.05) is 18.9 Å². The first-order valence-electron chi connectivity index (χ1n) is 6.36. The Bertz CT molecular complexity index is 255. The highest BCUT2D eigenvalue weighted by Crippen LogP contribution is 2.12. The van der Waals surface area contributed by atoms with E-state index in [0.29, 0.717) is 12.6 Å². The van der Waals surface area contributed by atoms with E-state index in [1.54, 1.807) is 6.08 Å². The van der Waals surface area contributed by atoms with Crippen LogP contribution in [0.3, 0.4) is 0 Å². The summed E-state index contributed by atoms with van der Waals surface area (Å²) in [5, 5.41) is 3.30. The number of carbonyl (C=O) groups is 1. The summed E-state index contributed by atoms with van der Waals surface area (Å²) in [6.45, 7) is 8.01. The third kappa shape index (κ3) is 5.38. The van der Waals surface area contributed by atoms with Gasteiger partial charge < -0.3 is 15.0 Å². The van der Waals surface area contributed by atoms with Crippen LogP contribution in [0.1, 0.15) is 26.2 Å². The molecule has 0 bridgehead atoms. The van der Waals surface area contributed by atoms with E-state index in [-0.39, 0.29) is 24.4 Å². The van der Waals surface area contributed by atoms with Crippen molar-refractivity contribution in [2.75, 3.05) is 26.7 Å². The molecule has 0 aromatic heterocycles. The predicted octanol–water partition coefficient (Wildman–Crippen LogP) is 1.60. The molecule has 0 aromatic rings. The lowest BCUT2D eigenvalue weighted by atomic mass is 10.0. The minimum absolute atomic E-state index is 0. The Morgan fingerprint density at radius 1 is 1.56 bits per heavy atom. The maximum Gasteiger partial charge on any atom is 0.251 e. The number of piperidine rings is 1. The van der Waals surface area contributed by atoms with Crippen molar-refractivity contribution in [3.63, 3.8) is 0 Å². The van der Waals surface area contributed by atoms with Crippen molar-refractivity contribution in [1.29, 1.82) is 0 Å². The van der Waals surface area contributed by atoms with Crippen LogP contribution in [0.15, 0.2) is 12.7 Å². The molecule has 1 aliphatic heterocycles. The molecular weight excluding hydrogens is 252 g/mol. The van der Waals surface area contributed by atoms with Crippen LogP contribution < -0.4 is 5.32 Å². The number of amides is 1. The third-order valence-electron chi connectivity index (χ3n) is 3.24. The van der Waals surface area contributed by atoms with E-state index in [9.17, 15) is 4.79 Å². The zero-order valence-electron chi connectivity index (χ0n) is 11.4. The van der Waals surface area contributed by atoms with Crippen LogP contribution in [0, 0.1) is 0 Å². The zero-order valence-corrected chi connectivity index (χ0v) is 12.2. The third-order valence-corrected chi connectivity index (χ3v) is 3.24. The van der Waals surface area contributed by atoms with Crippen LogP contribution in [0.5, 0.6) is 0 Å². The highest BCUT2D eigenvalue weighted by molar-refractivity contribution is 5.85. The fraction of sp³-hybridized carbons (Fsp3) is 0.769. The van der Waals surface area contributed by atoms with Crippen molar-refractivity contribution in [2.45, 2.75) is 38.3 Å². The first-order valence-corrected chi connectivity index (χ1v) is 6.36. The van der Waals surface area contributed by atoms with E-state index in [4.69, 9.17) is 4.74 Å². The molecule has 1 N–H and O–H groups in total. The van der Waals surface area contributed by atoms with Crippen LogP contribution in [-0.4, -0.2) is 49.7 Å². The fourth-order valence-electron chi connectivity index (χ4n) is 2.06. The number of hydrogen-bond donors (Lipinski definition) is 1. The molecule has 0 spiro atoms. The molecule has 1 saturated heterocycles. The maximum absolute atomic E-state index is 12.1. The number of halogens is 1. The minimum Gasteiger partial charge on any atom is -0.368 e. The normalized spacial score (nSPS) is 17.7. The van der Waals surface area contributed by atoms with Crippen molar-refractivity contribution in [1.82, 2.24) is 10.2 Å². The standard InChI is InChI=1S/C13H24N2O2.ClH/c1-4-5-10-17-11(2)13(16)15(3)12-6-8-14-9-7-12;/h4,11-12,14H,1,5-10H2,2-3H3;1H. The summed E-state index contributed by atoms with van der Waals surface area (Å²) in [6, 6.07) is 0.356. The Kier molecular flexibility index (Phi) is 9.06. The van der Waals surface area contributed by atoms with E-state index < -0.39 is 0 Å². The SMILES string of the molecule is C=CCCOC(C)C(=O)N(C)C1CCNCC1.Cl. The molecule has 1 aliphatic rings. The molecule has 1 atom stereocenters. The number of nitrogens with zero attached hydrogens (tertiary/aromatic N) is 1. The van der Waals surface area contributed by atoms with Crippen molar-refractivity contribution < 1.29 is 9.53 Å². The summed E-state index contributed by atoms with van der Waals surface area (Å²) in [6.07, 6.45) is 4.29. The van der Waals surface area contributed by atoms with E-state index in [1.165, 1.54) is 0 Å². The Hall–Kier alpha value is -0.580. The van der Waals surface area contributed by atoms with Gasteiger partial charge in [0.25, 0.3) is 5.91 Å². The van der Waals surface area contributed by atoms with Crippen LogP contribution >= 0.6 is 12.4 Å². The summed E-state index contributed by atoms with van der Waals surface area (Å²) in [5.74, 6) is 0.0842. The van der Waals surface area contributed by atoms with Gasteiger partial charge >= 0.3 is 0 Å². The molecule has 18 heavy (non-hydrogen) atoms. The molecule has 5 heteroatoms. The van der Waals surface area contributed by atoms with Gasteiger partial charge in [0.05, 0.1) is 6.61 Å². The minimum atomic E-state index is -0.352. The van der Waals surface area contributed by atoms with E-state index in [0.717, 1.165) is 32.4 Å². The number of likely N-dealkylation sites (N-methyl/N-ethyl adjacent to an activating group) is 1. The Morgan fingerprint density at radius 2 is 2.17 bits per heavy atom. The van der Waals surface area contributed by atoms with Crippen LogP contribution in [0.25, 0.3) is 0 Å². The van der Waals surface area contributed by atoms with E-state index in [2.05, 4.69) is 11.9 Å². The summed E-state index contributed by atoms with van der Waals surface area (Å²) in [7, 11) is 1.88. The van der Waals surface area contributed by atoms with Crippen molar-refractivity contribution in [3.05, 3.63) is 12.7 Å². The second-order valence-electron chi connectivity index (χ2n) is 4.52. The Labute approximate surface area is 116 Å². The highest BCUT2D eigenvalue weighted by Gasteiger charge is 2.25.